The van der Waals surface area contributed by atoms with Crippen LogP contribution in [0.25, 0.3) is 10.6 Å². The summed E-state index contributed by atoms with van der Waals surface area (Å²) in [6, 6.07) is 9.92. The Morgan fingerprint density at radius 3 is 2.57 bits per heavy atom. The van der Waals surface area contributed by atoms with E-state index in [1.165, 1.54) is 28.2 Å². The van der Waals surface area contributed by atoms with Crippen LogP contribution < -0.4 is 4.90 Å². The van der Waals surface area contributed by atoms with Gasteiger partial charge >= 0.3 is 0 Å². The molecule has 0 radical (unpaired) electrons. The van der Waals surface area contributed by atoms with Crippen LogP contribution in [0.1, 0.15) is 35.8 Å². The van der Waals surface area contributed by atoms with E-state index >= 15 is 0 Å². The molecule has 8 heteroatoms. The largest absolute Gasteiger partial charge is 0.440 e. The fourth-order valence-electron chi connectivity index (χ4n) is 3.87. The molecule has 2 aliphatic rings. The number of rotatable bonds is 5. The van der Waals surface area contributed by atoms with Crippen molar-refractivity contribution in [2.75, 3.05) is 31.1 Å². The van der Waals surface area contributed by atoms with E-state index in [0.717, 1.165) is 23.6 Å². The monoisotopic (exact) mass is 443 g/mol. The highest BCUT2D eigenvalue weighted by atomic mass is 32.2. The Labute approximate surface area is 181 Å². The van der Waals surface area contributed by atoms with Gasteiger partial charge in [-0.05, 0) is 56.0 Å². The molecule has 1 saturated carbocycles. The number of benzene rings is 1. The molecule has 2 fully saturated rings. The van der Waals surface area contributed by atoms with Crippen molar-refractivity contribution >= 4 is 27.0 Å². The van der Waals surface area contributed by atoms with Crippen LogP contribution in [-0.2, 0) is 10.0 Å². The van der Waals surface area contributed by atoms with Crippen molar-refractivity contribution in [2.45, 2.75) is 36.8 Å². The van der Waals surface area contributed by atoms with Gasteiger partial charge < -0.3 is 9.32 Å². The van der Waals surface area contributed by atoms with E-state index in [4.69, 9.17) is 4.42 Å². The van der Waals surface area contributed by atoms with E-state index in [1.807, 2.05) is 6.07 Å². The Hall–Kier alpha value is -2.16. The van der Waals surface area contributed by atoms with E-state index in [9.17, 15) is 8.42 Å². The van der Waals surface area contributed by atoms with Crippen molar-refractivity contribution < 1.29 is 12.8 Å². The Kier molecular flexibility index (Phi) is 4.95. The number of oxazole rings is 1. The summed E-state index contributed by atoms with van der Waals surface area (Å²) in [4.78, 5) is 7.43. The first kappa shape index (κ1) is 19.8. The van der Waals surface area contributed by atoms with Crippen LogP contribution in [0.3, 0.4) is 0 Å². The number of nitrogens with zero attached hydrogens (tertiary/aromatic N) is 3. The van der Waals surface area contributed by atoms with Gasteiger partial charge in [0.25, 0.3) is 10.0 Å². The minimum atomic E-state index is -3.51. The summed E-state index contributed by atoms with van der Waals surface area (Å²) in [6.07, 6.45) is 3.95. The van der Waals surface area contributed by atoms with Crippen molar-refractivity contribution in [1.82, 2.24) is 9.29 Å². The number of aryl methyl sites for hydroxylation is 2. The zero-order valence-electron chi connectivity index (χ0n) is 17.2. The lowest BCUT2D eigenvalue weighted by atomic mass is 10.1. The van der Waals surface area contributed by atoms with Gasteiger partial charge in [-0.3, -0.25) is 0 Å². The van der Waals surface area contributed by atoms with Crippen LogP contribution in [0.15, 0.2) is 45.2 Å². The zero-order valence-corrected chi connectivity index (χ0v) is 18.8. The SMILES string of the molecule is Cc1ccc(C)c(N2CCN(S(=O)(=O)c3ccc(-c4cnc(C5CC5)o4)s3)CC2)c1. The summed E-state index contributed by atoms with van der Waals surface area (Å²) < 4.78 is 34.2. The van der Waals surface area contributed by atoms with Gasteiger partial charge in [-0.25, -0.2) is 13.4 Å². The van der Waals surface area contributed by atoms with Crippen LogP contribution in [0.5, 0.6) is 0 Å². The van der Waals surface area contributed by atoms with E-state index in [-0.39, 0.29) is 0 Å². The minimum Gasteiger partial charge on any atom is -0.440 e. The van der Waals surface area contributed by atoms with Gasteiger partial charge in [0.2, 0.25) is 0 Å². The van der Waals surface area contributed by atoms with Crippen LogP contribution >= 0.6 is 11.3 Å². The Balaban J connectivity index is 1.30. The second-order valence-electron chi connectivity index (χ2n) is 8.14. The van der Waals surface area contributed by atoms with Crippen LogP contribution in [0.4, 0.5) is 5.69 Å². The standard InChI is InChI=1S/C22H25N3O3S2/c1-15-3-4-16(2)18(13-15)24-9-11-25(12-10-24)30(26,27)21-8-7-20(29-21)19-14-23-22(28-19)17-5-6-17/h3-4,7-8,13-14,17H,5-6,9-12H2,1-2H3. The lowest BCUT2D eigenvalue weighted by molar-refractivity contribution is 0.385. The quantitative estimate of drug-likeness (QED) is 0.584. The third-order valence-electron chi connectivity index (χ3n) is 5.81. The van der Waals surface area contributed by atoms with E-state index in [0.29, 0.717) is 42.1 Å². The molecule has 1 saturated heterocycles. The van der Waals surface area contributed by atoms with E-state index in [2.05, 4.69) is 41.9 Å². The van der Waals surface area contributed by atoms with Crippen molar-refractivity contribution in [3.63, 3.8) is 0 Å². The third-order valence-corrected chi connectivity index (χ3v) is 9.28. The molecule has 3 aromatic rings. The number of hydrogen-bond donors (Lipinski definition) is 0. The second kappa shape index (κ2) is 7.51. The number of sulfonamides is 1. The van der Waals surface area contributed by atoms with E-state index < -0.39 is 10.0 Å². The molecule has 2 aromatic heterocycles. The summed E-state index contributed by atoms with van der Waals surface area (Å²) in [5.41, 5.74) is 3.63. The number of aromatic nitrogens is 1. The number of piperazine rings is 1. The predicted octanol–water partition coefficient (Wildman–Crippen LogP) is 4.41. The van der Waals surface area contributed by atoms with E-state index in [1.54, 1.807) is 16.6 Å². The van der Waals surface area contributed by atoms with Gasteiger partial charge in [0, 0.05) is 37.8 Å². The fourth-order valence-corrected chi connectivity index (χ4v) is 6.70. The fraction of sp³-hybridized carbons (Fsp3) is 0.409. The Morgan fingerprint density at radius 2 is 1.83 bits per heavy atom. The first-order valence-corrected chi connectivity index (χ1v) is 12.6. The van der Waals surface area contributed by atoms with Gasteiger partial charge in [0.15, 0.2) is 11.7 Å². The molecule has 1 aromatic carbocycles. The highest BCUT2D eigenvalue weighted by Gasteiger charge is 2.31. The lowest BCUT2D eigenvalue weighted by Gasteiger charge is -2.36. The summed E-state index contributed by atoms with van der Waals surface area (Å²) in [7, 11) is -3.51. The van der Waals surface area contributed by atoms with Gasteiger partial charge in [-0.2, -0.15) is 4.31 Å². The molecule has 0 bridgehead atoms. The Morgan fingerprint density at radius 1 is 1.07 bits per heavy atom. The van der Waals surface area contributed by atoms with Gasteiger partial charge in [-0.15, -0.1) is 11.3 Å². The summed E-state index contributed by atoms with van der Waals surface area (Å²) in [6.45, 7) is 6.53. The predicted molar refractivity (Wildman–Crippen MR) is 119 cm³/mol. The first-order chi connectivity index (χ1) is 14.4. The van der Waals surface area contributed by atoms with Crippen molar-refractivity contribution in [2.24, 2.45) is 0 Å². The molecule has 1 aliphatic heterocycles. The normalized spacial score (nSPS) is 18.1. The zero-order chi connectivity index (χ0) is 20.9. The van der Waals surface area contributed by atoms with Crippen LogP contribution in [0.2, 0.25) is 0 Å². The van der Waals surface area contributed by atoms with Crippen molar-refractivity contribution in [1.29, 1.82) is 0 Å². The molecule has 30 heavy (non-hydrogen) atoms. The van der Waals surface area contributed by atoms with Gasteiger partial charge in [0.05, 0.1) is 11.1 Å². The molecule has 6 nitrogen and oxygen atoms in total. The minimum absolute atomic E-state index is 0.363. The molecular weight excluding hydrogens is 418 g/mol. The third kappa shape index (κ3) is 3.68. The summed E-state index contributed by atoms with van der Waals surface area (Å²) >= 11 is 1.26. The highest BCUT2D eigenvalue weighted by Crippen LogP contribution is 2.41. The topological polar surface area (TPSA) is 66.7 Å². The summed E-state index contributed by atoms with van der Waals surface area (Å²) in [5.74, 6) is 1.86. The molecule has 0 atom stereocenters. The Bertz CT molecular complexity index is 1170. The van der Waals surface area contributed by atoms with Crippen molar-refractivity contribution in [3.8, 4) is 10.6 Å². The van der Waals surface area contributed by atoms with Crippen molar-refractivity contribution in [3.05, 3.63) is 53.5 Å². The highest BCUT2D eigenvalue weighted by molar-refractivity contribution is 7.91. The summed E-state index contributed by atoms with van der Waals surface area (Å²) in [5, 5.41) is 0. The maximum absolute atomic E-state index is 13.2. The molecule has 0 unspecified atom stereocenters. The molecule has 0 amide bonds. The molecular formula is C22H25N3O3S2. The molecule has 0 spiro atoms. The molecule has 0 N–H and O–H groups in total. The second-order valence-corrected chi connectivity index (χ2v) is 11.4. The van der Waals surface area contributed by atoms with Crippen LogP contribution in [0, 0.1) is 13.8 Å². The van der Waals surface area contributed by atoms with Crippen LogP contribution in [-0.4, -0.2) is 43.9 Å². The van der Waals surface area contributed by atoms with Gasteiger partial charge in [0.1, 0.15) is 4.21 Å². The molecule has 5 rings (SSSR count). The molecule has 3 heterocycles. The maximum atomic E-state index is 13.2. The lowest BCUT2D eigenvalue weighted by Crippen LogP contribution is -2.48. The first-order valence-electron chi connectivity index (χ1n) is 10.3. The smallest absolute Gasteiger partial charge is 0.252 e. The molecule has 158 valence electrons. The average Bonchev–Trinajstić information content (AvgIpc) is 3.26. The average molecular weight is 444 g/mol. The number of hydrogen-bond acceptors (Lipinski definition) is 6. The number of thiophene rings is 1. The maximum Gasteiger partial charge on any atom is 0.252 e. The molecule has 1 aliphatic carbocycles. The number of anilines is 1. The van der Waals surface area contributed by atoms with Gasteiger partial charge in [-0.1, -0.05) is 12.1 Å².